The van der Waals surface area contributed by atoms with E-state index in [0.29, 0.717) is 0 Å². The molecule has 0 amide bonds. The molecule has 0 aliphatic rings. The fraction of sp³-hybridized carbons (Fsp3) is 0.0588. The maximum atomic E-state index is 8.47. The second-order valence-electron chi connectivity index (χ2n) is 4.17. The largest absolute Gasteiger partial charge is 0.497 e. The molecule has 104 valence electrons. The molecule has 0 saturated heterocycles. The molecule has 3 rings (SSSR count). The van der Waals surface area contributed by atoms with E-state index in [1.54, 1.807) is 7.11 Å². The van der Waals surface area contributed by atoms with Gasteiger partial charge in [0, 0.05) is 5.39 Å². The minimum atomic E-state index is 0.910. The van der Waals surface area contributed by atoms with Crippen LogP contribution in [0, 0.1) is 5.39 Å². The van der Waals surface area contributed by atoms with Crippen LogP contribution in [0.4, 0.5) is 0 Å². The molecule has 3 aromatic carbocycles. The molecule has 0 saturated carbocycles. The summed E-state index contributed by atoms with van der Waals surface area (Å²) in [4.78, 5) is 0.973. The molecule has 0 heterocycles. The number of para-hydroxylation sites is 1. The second kappa shape index (κ2) is 7.93. The molecule has 21 heavy (non-hydrogen) atoms. The molecule has 0 aliphatic carbocycles. The van der Waals surface area contributed by atoms with Crippen molar-refractivity contribution < 1.29 is 4.74 Å². The van der Waals surface area contributed by atoms with Crippen molar-refractivity contribution in [2.45, 2.75) is 4.90 Å². The number of hydrogen-bond donors (Lipinski definition) is 0. The third-order valence-corrected chi connectivity index (χ3v) is 3.50. The molecular formula is C17H15N2OS+. The zero-order valence-corrected chi connectivity index (χ0v) is 12.5. The van der Waals surface area contributed by atoms with Crippen LogP contribution in [0.2, 0.25) is 0 Å². The van der Waals surface area contributed by atoms with Gasteiger partial charge < -0.3 is 4.74 Å². The van der Waals surface area contributed by atoms with Gasteiger partial charge in [-0.05, 0) is 23.6 Å². The van der Waals surface area contributed by atoms with Crippen molar-refractivity contribution >= 4 is 22.7 Å². The molecule has 0 aromatic heterocycles. The van der Waals surface area contributed by atoms with Crippen LogP contribution >= 0.6 is 11.9 Å². The molecule has 0 bridgehead atoms. The Labute approximate surface area is 128 Å². The van der Waals surface area contributed by atoms with Crippen molar-refractivity contribution in [2.75, 3.05) is 7.11 Å². The highest BCUT2D eigenvalue weighted by molar-refractivity contribution is 8.01. The van der Waals surface area contributed by atoms with Crippen molar-refractivity contribution in [3.05, 3.63) is 77.2 Å². The summed E-state index contributed by atoms with van der Waals surface area (Å²) in [5, 5.41) is 10.7. The second-order valence-corrected chi connectivity index (χ2v) is 4.95. The van der Waals surface area contributed by atoms with Gasteiger partial charge >= 0.3 is 11.9 Å². The van der Waals surface area contributed by atoms with E-state index in [2.05, 4.69) is 4.38 Å². The van der Waals surface area contributed by atoms with Gasteiger partial charge in [-0.25, -0.2) is 0 Å². The Hall–Kier alpha value is -2.51. The van der Waals surface area contributed by atoms with Crippen molar-refractivity contribution in [3.63, 3.8) is 0 Å². The summed E-state index contributed by atoms with van der Waals surface area (Å²) in [6, 6.07) is 23.6. The van der Waals surface area contributed by atoms with E-state index in [1.807, 2.05) is 72.8 Å². The van der Waals surface area contributed by atoms with Crippen LogP contribution in [0.15, 0.2) is 77.7 Å². The number of rotatable bonds is 2. The summed E-state index contributed by atoms with van der Waals surface area (Å²) in [7, 11) is 1.66. The van der Waals surface area contributed by atoms with Crippen molar-refractivity contribution in [2.24, 2.45) is 0 Å². The summed E-state index contributed by atoms with van der Waals surface area (Å²) in [5.74, 6) is 0.910. The SMILES string of the molecule is COc1ccccc1.N#[N+]Sc1cccc2ccccc12. The standard InChI is InChI=1S/C10H7N2S.C7H8O/c11-12-13-10-7-3-5-8-4-1-2-6-9(8)10;1-8-7-5-3-2-4-6-7/h1-7H;2-6H,1H3/q+1;. The average molecular weight is 295 g/mol. The monoisotopic (exact) mass is 295 g/mol. The van der Waals surface area contributed by atoms with Crippen molar-refractivity contribution in [1.82, 2.24) is 0 Å². The molecule has 0 spiro atoms. The molecule has 4 heteroatoms. The van der Waals surface area contributed by atoms with E-state index in [1.165, 1.54) is 0 Å². The Morgan fingerprint density at radius 3 is 2.19 bits per heavy atom. The number of benzene rings is 3. The smallest absolute Gasteiger partial charge is 0.396 e. The zero-order valence-electron chi connectivity index (χ0n) is 11.6. The van der Waals surface area contributed by atoms with Crippen LogP contribution in [0.1, 0.15) is 0 Å². The summed E-state index contributed by atoms with van der Waals surface area (Å²) in [6.45, 7) is 0. The highest BCUT2D eigenvalue weighted by Gasteiger charge is 2.08. The maximum Gasteiger partial charge on any atom is 0.396 e. The van der Waals surface area contributed by atoms with Crippen LogP contribution in [0.3, 0.4) is 0 Å². The number of fused-ring (bicyclic) bond motifs is 1. The van der Waals surface area contributed by atoms with Gasteiger partial charge in [0.1, 0.15) is 10.6 Å². The number of diazo groups is 1. The number of ether oxygens (including phenoxy) is 1. The Bertz CT molecular complexity index is 733. The fourth-order valence-electron chi connectivity index (χ4n) is 1.88. The molecule has 0 radical (unpaired) electrons. The lowest BCUT2D eigenvalue weighted by Crippen LogP contribution is -1.78. The molecule has 3 aromatic rings. The lowest BCUT2D eigenvalue weighted by atomic mass is 10.1. The van der Waals surface area contributed by atoms with E-state index in [4.69, 9.17) is 10.1 Å². The third-order valence-electron chi connectivity index (χ3n) is 2.87. The molecule has 0 unspecified atom stereocenters. The first-order valence-corrected chi connectivity index (χ1v) is 7.20. The molecule has 3 nitrogen and oxygen atoms in total. The minimum Gasteiger partial charge on any atom is -0.497 e. The average Bonchev–Trinajstić information content (AvgIpc) is 2.57. The summed E-state index contributed by atoms with van der Waals surface area (Å²) in [6.07, 6.45) is 0. The van der Waals surface area contributed by atoms with Crippen molar-refractivity contribution in [3.8, 4) is 5.75 Å². The Morgan fingerprint density at radius 2 is 1.52 bits per heavy atom. The molecule has 0 fully saturated rings. The van der Waals surface area contributed by atoms with E-state index < -0.39 is 0 Å². The van der Waals surface area contributed by atoms with Crippen LogP contribution in [-0.2, 0) is 0 Å². The Balaban J connectivity index is 0.000000173. The number of methoxy groups -OCH3 is 1. The molecule has 0 atom stereocenters. The van der Waals surface area contributed by atoms with Gasteiger partial charge in [0.05, 0.1) is 7.11 Å². The first kappa shape index (κ1) is 14.9. The van der Waals surface area contributed by atoms with Gasteiger partial charge in [0.25, 0.3) is 0 Å². The normalized spacial score (nSPS) is 9.33. The van der Waals surface area contributed by atoms with Gasteiger partial charge in [0.2, 0.25) is 9.77 Å². The van der Waals surface area contributed by atoms with E-state index in [0.717, 1.165) is 33.4 Å². The maximum absolute atomic E-state index is 8.47. The lowest BCUT2D eigenvalue weighted by molar-refractivity contribution is 0.415. The summed E-state index contributed by atoms with van der Waals surface area (Å²) < 4.78 is 7.99. The van der Waals surface area contributed by atoms with Gasteiger partial charge in [-0.3, -0.25) is 0 Å². The zero-order chi connectivity index (χ0) is 14.9. The van der Waals surface area contributed by atoms with Crippen LogP contribution in [-0.4, -0.2) is 7.11 Å². The lowest BCUT2D eigenvalue weighted by Gasteiger charge is -1.96. The van der Waals surface area contributed by atoms with E-state index in [9.17, 15) is 0 Å². The van der Waals surface area contributed by atoms with Crippen LogP contribution in [0.25, 0.3) is 15.2 Å². The Morgan fingerprint density at radius 1 is 0.857 bits per heavy atom. The predicted octanol–water partition coefficient (Wildman–Crippen LogP) is 5.40. The van der Waals surface area contributed by atoms with Crippen LogP contribution in [0.5, 0.6) is 5.75 Å². The van der Waals surface area contributed by atoms with E-state index >= 15 is 0 Å². The van der Waals surface area contributed by atoms with Gasteiger partial charge in [-0.15, -0.1) is 0 Å². The minimum absolute atomic E-state index is 0.910. The first-order chi connectivity index (χ1) is 10.3. The molecule has 0 N–H and O–H groups in total. The van der Waals surface area contributed by atoms with Gasteiger partial charge in [-0.1, -0.05) is 54.6 Å². The highest BCUT2D eigenvalue weighted by atomic mass is 32.2. The summed E-state index contributed by atoms with van der Waals surface area (Å²) >= 11 is 1.09. The van der Waals surface area contributed by atoms with Gasteiger partial charge in [0.15, 0.2) is 0 Å². The molecular weight excluding hydrogens is 280 g/mol. The topological polar surface area (TPSA) is 37.4 Å². The van der Waals surface area contributed by atoms with Gasteiger partial charge in [-0.2, -0.15) is 0 Å². The summed E-state index contributed by atoms with van der Waals surface area (Å²) in [5.41, 5.74) is 0. The highest BCUT2D eigenvalue weighted by Crippen LogP contribution is 2.27. The van der Waals surface area contributed by atoms with E-state index in [-0.39, 0.29) is 0 Å². The molecule has 0 aliphatic heterocycles. The van der Waals surface area contributed by atoms with Crippen molar-refractivity contribution in [1.29, 1.82) is 5.39 Å². The Kier molecular flexibility index (Phi) is 5.62. The quantitative estimate of drug-likeness (QED) is 0.469. The number of nitrogens with zero attached hydrogens (tertiary/aromatic N) is 2. The third kappa shape index (κ3) is 4.23. The predicted molar refractivity (Wildman–Crippen MR) is 87.9 cm³/mol. The first-order valence-electron chi connectivity index (χ1n) is 6.43. The number of hydrogen-bond acceptors (Lipinski definition) is 3. The van der Waals surface area contributed by atoms with Crippen LogP contribution < -0.4 is 4.74 Å². The fourth-order valence-corrected chi connectivity index (χ4v) is 2.39.